The Kier molecular flexibility index (Phi) is 4.12. The van der Waals surface area contributed by atoms with Crippen molar-refractivity contribution in [2.24, 2.45) is 0 Å². The molecule has 1 fully saturated rings. The van der Waals surface area contributed by atoms with E-state index in [-0.39, 0.29) is 11.9 Å². The lowest BCUT2D eigenvalue weighted by Crippen LogP contribution is -2.47. The smallest absolute Gasteiger partial charge is 0.239 e. The molecule has 1 aliphatic heterocycles. The van der Waals surface area contributed by atoms with E-state index in [1.165, 1.54) is 6.42 Å². The summed E-state index contributed by atoms with van der Waals surface area (Å²) in [6, 6.07) is 0.00785. The summed E-state index contributed by atoms with van der Waals surface area (Å²) < 4.78 is 0. The van der Waals surface area contributed by atoms with Crippen LogP contribution in [0.5, 0.6) is 0 Å². The molecule has 0 saturated carbocycles. The quantitative estimate of drug-likeness (QED) is 0.889. The molecule has 2 heterocycles. The molecule has 2 rings (SSSR count). The zero-order chi connectivity index (χ0) is 12.3. The van der Waals surface area contributed by atoms with Crippen LogP contribution < -0.4 is 5.32 Å². The van der Waals surface area contributed by atoms with Crippen molar-refractivity contribution in [1.82, 2.24) is 15.2 Å². The van der Waals surface area contributed by atoms with Crippen molar-refractivity contribution in [3.8, 4) is 0 Å². The third-order valence-corrected chi connectivity index (χ3v) is 3.87. The van der Waals surface area contributed by atoms with Gasteiger partial charge in [-0.15, -0.1) is 11.3 Å². The number of aryl methyl sites for hydroxylation is 1. The normalized spacial score (nSPS) is 20.2. The van der Waals surface area contributed by atoms with E-state index >= 15 is 0 Å². The van der Waals surface area contributed by atoms with E-state index in [4.69, 9.17) is 0 Å². The number of carbonyl (C=O) groups excluding carboxylic acids is 1. The van der Waals surface area contributed by atoms with Gasteiger partial charge in [-0.2, -0.15) is 0 Å². The maximum Gasteiger partial charge on any atom is 0.239 e. The van der Waals surface area contributed by atoms with Crippen molar-refractivity contribution in [1.29, 1.82) is 0 Å². The van der Waals surface area contributed by atoms with Crippen LogP contribution in [-0.4, -0.2) is 35.4 Å². The van der Waals surface area contributed by atoms with E-state index in [0.717, 1.165) is 30.1 Å². The van der Waals surface area contributed by atoms with Gasteiger partial charge in [0.2, 0.25) is 5.91 Å². The average Bonchev–Trinajstić information content (AvgIpc) is 2.75. The first-order valence-corrected chi connectivity index (χ1v) is 6.94. The molecule has 94 valence electrons. The van der Waals surface area contributed by atoms with E-state index in [0.29, 0.717) is 6.54 Å². The van der Waals surface area contributed by atoms with Gasteiger partial charge in [-0.1, -0.05) is 6.42 Å². The monoisotopic (exact) mass is 253 g/mol. The Hall–Kier alpha value is -0.940. The summed E-state index contributed by atoms with van der Waals surface area (Å²) in [5, 5.41) is 6.36. The lowest BCUT2D eigenvalue weighted by Gasteiger charge is -2.27. The van der Waals surface area contributed by atoms with Crippen LogP contribution in [0.4, 0.5) is 0 Å². The number of piperidine rings is 1. The Morgan fingerprint density at radius 2 is 2.47 bits per heavy atom. The Balaban J connectivity index is 1.90. The minimum absolute atomic E-state index is 0.00785. The van der Waals surface area contributed by atoms with Crippen LogP contribution in [0.3, 0.4) is 0 Å². The van der Waals surface area contributed by atoms with E-state index in [9.17, 15) is 4.79 Å². The van der Waals surface area contributed by atoms with Crippen molar-refractivity contribution >= 4 is 17.2 Å². The van der Waals surface area contributed by atoms with Crippen LogP contribution >= 0.6 is 11.3 Å². The summed E-state index contributed by atoms with van der Waals surface area (Å²) in [4.78, 5) is 18.3. The SMILES string of the molecule is Cc1nc(CN(C)C(=O)[C@@H]2CCCCN2)cs1. The Morgan fingerprint density at radius 3 is 3.06 bits per heavy atom. The third kappa shape index (κ3) is 3.26. The van der Waals surface area contributed by atoms with Gasteiger partial charge in [-0.25, -0.2) is 4.98 Å². The summed E-state index contributed by atoms with van der Waals surface area (Å²) in [5.41, 5.74) is 0.985. The number of thiazole rings is 1. The first kappa shape index (κ1) is 12.5. The fourth-order valence-corrected chi connectivity index (χ4v) is 2.73. The summed E-state index contributed by atoms with van der Waals surface area (Å²) >= 11 is 1.63. The number of aromatic nitrogens is 1. The standard InChI is InChI=1S/C12H19N3OS/c1-9-14-10(8-17-9)7-15(2)12(16)11-5-3-4-6-13-11/h8,11,13H,3-7H2,1-2H3/t11-/m0/s1. The molecule has 0 bridgehead atoms. The fourth-order valence-electron chi connectivity index (χ4n) is 2.13. The highest BCUT2D eigenvalue weighted by molar-refractivity contribution is 7.09. The summed E-state index contributed by atoms with van der Waals surface area (Å²) in [7, 11) is 1.85. The number of nitrogens with zero attached hydrogens (tertiary/aromatic N) is 2. The molecular formula is C12H19N3OS. The molecule has 5 heteroatoms. The molecule has 17 heavy (non-hydrogen) atoms. The van der Waals surface area contributed by atoms with Crippen LogP contribution in [0.15, 0.2) is 5.38 Å². The van der Waals surface area contributed by atoms with Crippen molar-refractivity contribution in [2.45, 2.75) is 38.8 Å². The van der Waals surface area contributed by atoms with Gasteiger partial charge in [0.25, 0.3) is 0 Å². The number of carbonyl (C=O) groups is 1. The molecular weight excluding hydrogens is 234 g/mol. The molecule has 1 aromatic heterocycles. The highest BCUT2D eigenvalue weighted by Crippen LogP contribution is 2.13. The predicted octanol–water partition coefficient (Wildman–Crippen LogP) is 1.55. The number of amides is 1. The second kappa shape index (κ2) is 5.60. The number of nitrogens with one attached hydrogen (secondary N) is 1. The zero-order valence-corrected chi connectivity index (χ0v) is 11.2. The molecule has 0 unspecified atom stereocenters. The molecule has 1 atom stereocenters. The number of hydrogen-bond donors (Lipinski definition) is 1. The lowest BCUT2D eigenvalue weighted by atomic mass is 10.0. The maximum absolute atomic E-state index is 12.1. The molecule has 0 aliphatic carbocycles. The average molecular weight is 253 g/mol. The molecule has 0 radical (unpaired) electrons. The van der Waals surface area contributed by atoms with Gasteiger partial charge < -0.3 is 10.2 Å². The summed E-state index contributed by atoms with van der Waals surface area (Å²) in [5.74, 6) is 0.190. The Labute approximate surface area is 106 Å². The molecule has 1 aliphatic rings. The fraction of sp³-hybridized carbons (Fsp3) is 0.667. The van der Waals surface area contributed by atoms with Gasteiger partial charge in [-0.05, 0) is 26.3 Å². The van der Waals surface area contributed by atoms with Crippen LogP contribution in [-0.2, 0) is 11.3 Å². The van der Waals surface area contributed by atoms with Crippen LogP contribution in [0.2, 0.25) is 0 Å². The Bertz CT molecular complexity index is 385. The van der Waals surface area contributed by atoms with Crippen molar-refractivity contribution in [2.75, 3.05) is 13.6 Å². The van der Waals surface area contributed by atoms with Gasteiger partial charge in [0.1, 0.15) is 0 Å². The largest absolute Gasteiger partial charge is 0.338 e. The number of likely N-dealkylation sites (N-methyl/N-ethyl adjacent to an activating group) is 1. The molecule has 1 amide bonds. The topological polar surface area (TPSA) is 45.2 Å². The van der Waals surface area contributed by atoms with Gasteiger partial charge >= 0.3 is 0 Å². The predicted molar refractivity (Wildman–Crippen MR) is 69.0 cm³/mol. The van der Waals surface area contributed by atoms with Crippen LogP contribution in [0.1, 0.15) is 30.0 Å². The van der Waals surface area contributed by atoms with Crippen molar-refractivity contribution in [3.63, 3.8) is 0 Å². The first-order valence-electron chi connectivity index (χ1n) is 6.06. The van der Waals surface area contributed by atoms with E-state index in [1.807, 2.05) is 19.4 Å². The van der Waals surface area contributed by atoms with Crippen LogP contribution in [0.25, 0.3) is 0 Å². The van der Waals surface area contributed by atoms with Gasteiger partial charge in [0, 0.05) is 12.4 Å². The van der Waals surface area contributed by atoms with Crippen LogP contribution in [0, 0.1) is 6.92 Å². The molecule has 0 aromatic carbocycles. The molecule has 1 N–H and O–H groups in total. The third-order valence-electron chi connectivity index (χ3n) is 3.05. The minimum Gasteiger partial charge on any atom is -0.338 e. The van der Waals surface area contributed by atoms with E-state index in [2.05, 4.69) is 10.3 Å². The molecule has 4 nitrogen and oxygen atoms in total. The van der Waals surface area contributed by atoms with Crippen molar-refractivity contribution < 1.29 is 4.79 Å². The Morgan fingerprint density at radius 1 is 1.65 bits per heavy atom. The molecule has 1 aromatic rings. The first-order chi connectivity index (χ1) is 8.16. The zero-order valence-electron chi connectivity index (χ0n) is 10.4. The highest BCUT2D eigenvalue weighted by atomic mass is 32.1. The maximum atomic E-state index is 12.1. The number of hydrogen-bond acceptors (Lipinski definition) is 4. The molecule has 1 saturated heterocycles. The summed E-state index contributed by atoms with van der Waals surface area (Å²) in [6.07, 6.45) is 3.28. The number of rotatable bonds is 3. The second-order valence-electron chi connectivity index (χ2n) is 4.55. The summed E-state index contributed by atoms with van der Waals surface area (Å²) in [6.45, 7) is 3.56. The highest BCUT2D eigenvalue weighted by Gasteiger charge is 2.23. The molecule has 0 spiro atoms. The van der Waals surface area contributed by atoms with E-state index < -0.39 is 0 Å². The van der Waals surface area contributed by atoms with Gasteiger partial charge in [-0.3, -0.25) is 4.79 Å². The van der Waals surface area contributed by atoms with E-state index in [1.54, 1.807) is 16.2 Å². The van der Waals surface area contributed by atoms with Gasteiger partial charge in [0.15, 0.2) is 0 Å². The second-order valence-corrected chi connectivity index (χ2v) is 5.62. The lowest BCUT2D eigenvalue weighted by molar-refractivity contribution is -0.133. The van der Waals surface area contributed by atoms with Gasteiger partial charge in [0.05, 0.1) is 23.3 Å². The van der Waals surface area contributed by atoms with Crippen molar-refractivity contribution in [3.05, 3.63) is 16.1 Å². The minimum atomic E-state index is 0.00785.